The average molecular weight is 386 g/mol. The van der Waals surface area contributed by atoms with Gasteiger partial charge in [0.25, 0.3) is 5.78 Å². The number of aliphatic hydroxyl groups excluding tert-OH is 1. The number of carboxylic acid groups (broad SMARTS) is 1. The third-order valence-corrected chi connectivity index (χ3v) is 4.52. The number of hydrogen-bond donors (Lipinski definition) is 2. The van der Waals surface area contributed by atoms with Gasteiger partial charge in [-0.25, -0.2) is 9.18 Å². The lowest BCUT2D eigenvalue weighted by molar-refractivity contribution is -0.146. The minimum Gasteiger partial charge on any atom is -0.506 e. The van der Waals surface area contributed by atoms with Gasteiger partial charge in [0.15, 0.2) is 0 Å². The fourth-order valence-electron chi connectivity index (χ4n) is 3.11. The number of aromatic nitrogens is 1. The van der Waals surface area contributed by atoms with Gasteiger partial charge in [0.2, 0.25) is 5.91 Å². The maximum absolute atomic E-state index is 13.1. The standard InChI is InChI=1S/C20H19FN2O5/c21-14-6-4-13(5-7-14)11-22-12-15(23-8-2-1-3-19(23)26)9-16(22)17(24)10-18(25)20(27)28/h4-7,9-10,12,24H,1-3,8,11H2,(H,27,28)/b17-10-. The molecule has 1 fully saturated rings. The molecule has 7 nitrogen and oxygen atoms in total. The van der Waals surface area contributed by atoms with Crippen LogP contribution >= 0.6 is 0 Å². The number of aliphatic hydroxyl groups is 1. The number of anilines is 1. The van der Waals surface area contributed by atoms with Crippen LogP contribution in [0.2, 0.25) is 0 Å². The Kier molecular flexibility index (Phi) is 5.58. The van der Waals surface area contributed by atoms with Gasteiger partial charge >= 0.3 is 5.97 Å². The van der Waals surface area contributed by atoms with Gasteiger partial charge < -0.3 is 19.7 Å². The zero-order valence-corrected chi connectivity index (χ0v) is 15.0. The van der Waals surface area contributed by atoms with E-state index >= 15 is 0 Å². The van der Waals surface area contributed by atoms with Crippen molar-refractivity contribution in [2.75, 3.05) is 11.4 Å². The van der Waals surface area contributed by atoms with E-state index in [-0.39, 0.29) is 24.0 Å². The molecule has 146 valence electrons. The highest BCUT2D eigenvalue weighted by atomic mass is 19.1. The first kappa shape index (κ1) is 19.3. The van der Waals surface area contributed by atoms with E-state index in [0.717, 1.165) is 18.4 Å². The molecule has 1 aromatic heterocycles. The second kappa shape index (κ2) is 8.08. The molecule has 3 rings (SSSR count). The summed E-state index contributed by atoms with van der Waals surface area (Å²) in [4.78, 5) is 36.0. The van der Waals surface area contributed by atoms with Crippen LogP contribution in [0.15, 0.2) is 42.6 Å². The first-order chi connectivity index (χ1) is 13.3. The predicted octanol–water partition coefficient (Wildman–Crippen LogP) is 2.75. The summed E-state index contributed by atoms with van der Waals surface area (Å²) in [7, 11) is 0. The summed E-state index contributed by atoms with van der Waals surface area (Å²) in [6.45, 7) is 0.772. The van der Waals surface area contributed by atoms with E-state index in [2.05, 4.69) is 0 Å². The molecule has 28 heavy (non-hydrogen) atoms. The lowest BCUT2D eigenvalue weighted by Gasteiger charge is -2.25. The third-order valence-electron chi connectivity index (χ3n) is 4.52. The SMILES string of the molecule is O=C(O)C(=O)/C=C(\O)c1cc(N2CCCCC2=O)cn1Cc1ccc(F)cc1. The average Bonchev–Trinajstić information content (AvgIpc) is 3.07. The monoisotopic (exact) mass is 386 g/mol. The smallest absolute Gasteiger partial charge is 0.376 e. The maximum atomic E-state index is 13.1. The number of amides is 1. The number of carboxylic acids is 1. The van der Waals surface area contributed by atoms with E-state index in [4.69, 9.17) is 5.11 Å². The number of carbonyl (C=O) groups excluding carboxylic acids is 2. The van der Waals surface area contributed by atoms with Crippen molar-refractivity contribution >= 4 is 29.1 Å². The Morgan fingerprint density at radius 1 is 1.14 bits per heavy atom. The van der Waals surface area contributed by atoms with Crippen molar-refractivity contribution in [3.63, 3.8) is 0 Å². The Morgan fingerprint density at radius 2 is 1.86 bits per heavy atom. The van der Waals surface area contributed by atoms with Crippen molar-refractivity contribution < 1.29 is 29.0 Å². The summed E-state index contributed by atoms with van der Waals surface area (Å²) in [6.07, 6.45) is 4.37. The summed E-state index contributed by atoms with van der Waals surface area (Å²) in [5, 5.41) is 19.1. The lowest BCUT2D eigenvalue weighted by atomic mass is 10.1. The normalized spacial score (nSPS) is 15.0. The summed E-state index contributed by atoms with van der Waals surface area (Å²) in [6, 6.07) is 7.30. The summed E-state index contributed by atoms with van der Waals surface area (Å²) < 4.78 is 14.7. The molecule has 0 atom stereocenters. The van der Waals surface area contributed by atoms with Crippen LogP contribution in [0.1, 0.15) is 30.5 Å². The third kappa shape index (κ3) is 4.28. The molecule has 1 saturated heterocycles. The van der Waals surface area contributed by atoms with Crippen molar-refractivity contribution in [2.45, 2.75) is 25.8 Å². The number of nitrogens with zero attached hydrogens (tertiary/aromatic N) is 2. The van der Waals surface area contributed by atoms with Gasteiger partial charge in [-0.05, 0) is 36.6 Å². The molecule has 2 N–H and O–H groups in total. The molecule has 0 bridgehead atoms. The number of aliphatic carboxylic acids is 1. The van der Waals surface area contributed by atoms with Crippen molar-refractivity contribution in [3.8, 4) is 0 Å². The Hall–Kier alpha value is -3.42. The number of halogens is 1. The second-order valence-electron chi connectivity index (χ2n) is 6.54. The van der Waals surface area contributed by atoms with Gasteiger partial charge in [0.05, 0.1) is 11.4 Å². The van der Waals surface area contributed by atoms with Gasteiger partial charge in [0.1, 0.15) is 11.6 Å². The molecular formula is C20H19FN2O5. The van der Waals surface area contributed by atoms with Gasteiger partial charge in [0, 0.05) is 31.8 Å². The molecule has 0 aliphatic carbocycles. The first-order valence-electron chi connectivity index (χ1n) is 8.78. The maximum Gasteiger partial charge on any atom is 0.376 e. The van der Waals surface area contributed by atoms with Gasteiger partial charge in [-0.2, -0.15) is 0 Å². The largest absolute Gasteiger partial charge is 0.506 e. The summed E-state index contributed by atoms with van der Waals surface area (Å²) in [5.74, 6) is -3.89. The molecule has 0 spiro atoms. The molecular weight excluding hydrogens is 367 g/mol. The second-order valence-corrected chi connectivity index (χ2v) is 6.54. The molecule has 0 radical (unpaired) electrons. The van der Waals surface area contributed by atoms with Crippen molar-refractivity contribution in [2.24, 2.45) is 0 Å². The van der Waals surface area contributed by atoms with Crippen molar-refractivity contribution in [1.29, 1.82) is 0 Å². The van der Waals surface area contributed by atoms with Crippen molar-refractivity contribution in [1.82, 2.24) is 4.57 Å². The Bertz CT molecular complexity index is 946. The highest BCUT2D eigenvalue weighted by Gasteiger charge is 2.23. The van der Waals surface area contributed by atoms with Crippen LogP contribution in [0.4, 0.5) is 10.1 Å². The van der Waals surface area contributed by atoms with E-state index in [1.807, 2.05) is 0 Å². The molecule has 0 saturated carbocycles. The number of benzene rings is 1. The van der Waals surface area contributed by atoms with Gasteiger partial charge in [-0.1, -0.05) is 12.1 Å². The minimum atomic E-state index is -1.69. The zero-order chi connectivity index (χ0) is 20.3. The Morgan fingerprint density at radius 3 is 2.50 bits per heavy atom. The van der Waals surface area contributed by atoms with Gasteiger partial charge in [-0.15, -0.1) is 0 Å². The number of rotatable bonds is 6. The number of carbonyl (C=O) groups is 3. The summed E-state index contributed by atoms with van der Waals surface area (Å²) in [5.41, 5.74) is 1.46. The van der Waals surface area contributed by atoms with Crippen LogP contribution in [0, 0.1) is 5.82 Å². The fraction of sp³-hybridized carbons (Fsp3) is 0.250. The fourth-order valence-corrected chi connectivity index (χ4v) is 3.11. The van der Waals surface area contributed by atoms with Crippen LogP contribution < -0.4 is 4.90 Å². The van der Waals surface area contributed by atoms with Crippen LogP contribution in [0.5, 0.6) is 0 Å². The molecule has 8 heteroatoms. The molecule has 1 aliphatic rings. The van der Waals surface area contributed by atoms with Crippen LogP contribution in [0.25, 0.3) is 5.76 Å². The van der Waals surface area contributed by atoms with E-state index in [0.29, 0.717) is 24.7 Å². The predicted molar refractivity (Wildman–Crippen MR) is 99.4 cm³/mol. The molecule has 2 aromatic rings. The van der Waals surface area contributed by atoms with Crippen LogP contribution in [-0.4, -0.2) is 39.0 Å². The molecule has 2 heterocycles. The summed E-state index contributed by atoms with van der Waals surface area (Å²) >= 11 is 0. The topological polar surface area (TPSA) is 99.8 Å². The van der Waals surface area contributed by atoms with Gasteiger partial charge in [-0.3, -0.25) is 9.59 Å². The molecule has 1 amide bonds. The minimum absolute atomic E-state index is 0.0400. The molecule has 0 unspecified atom stereocenters. The molecule has 1 aromatic carbocycles. The highest BCUT2D eigenvalue weighted by molar-refractivity contribution is 6.38. The Balaban J connectivity index is 1.99. The number of piperidine rings is 1. The highest BCUT2D eigenvalue weighted by Crippen LogP contribution is 2.27. The first-order valence-corrected chi connectivity index (χ1v) is 8.78. The van der Waals surface area contributed by atoms with E-state index in [1.165, 1.54) is 18.2 Å². The van der Waals surface area contributed by atoms with E-state index in [1.54, 1.807) is 27.8 Å². The number of ketones is 1. The lowest BCUT2D eigenvalue weighted by Crippen LogP contribution is -2.34. The van der Waals surface area contributed by atoms with Crippen molar-refractivity contribution in [3.05, 3.63) is 59.7 Å². The number of hydrogen-bond acceptors (Lipinski definition) is 4. The van der Waals surface area contributed by atoms with E-state index in [9.17, 15) is 23.9 Å². The molecule has 1 aliphatic heterocycles. The zero-order valence-electron chi connectivity index (χ0n) is 15.0. The van der Waals surface area contributed by atoms with Crippen LogP contribution in [0.3, 0.4) is 0 Å². The quantitative estimate of drug-likeness (QED) is 0.452. The van der Waals surface area contributed by atoms with E-state index < -0.39 is 17.5 Å². The Labute approximate surface area is 160 Å². The van der Waals surface area contributed by atoms with Crippen LogP contribution in [-0.2, 0) is 20.9 Å².